The molecule has 118 valence electrons. The van der Waals surface area contributed by atoms with Crippen molar-refractivity contribution in [1.29, 1.82) is 0 Å². The minimum absolute atomic E-state index is 0.0124. The van der Waals surface area contributed by atoms with E-state index in [-0.39, 0.29) is 5.91 Å². The van der Waals surface area contributed by atoms with Gasteiger partial charge in [-0.25, -0.2) is 4.68 Å². The van der Waals surface area contributed by atoms with Crippen LogP contribution in [0.2, 0.25) is 0 Å². The summed E-state index contributed by atoms with van der Waals surface area (Å²) in [4.78, 5) is 13.6. The molecule has 0 spiro atoms. The lowest BCUT2D eigenvalue weighted by Gasteiger charge is -2.15. The first-order valence-electron chi connectivity index (χ1n) is 7.27. The third kappa shape index (κ3) is 4.25. The molecule has 7 heteroatoms. The number of para-hydroxylation sites is 1. The number of carbonyl (C=O) groups is 1. The second-order valence-electron chi connectivity index (χ2n) is 5.12. The molecule has 0 radical (unpaired) electrons. The smallest absolute Gasteiger partial charge is 0.234 e. The van der Waals surface area contributed by atoms with E-state index in [2.05, 4.69) is 10.4 Å². The summed E-state index contributed by atoms with van der Waals surface area (Å²) in [7, 11) is 1.87. The number of aromatic nitrogens is 3. The summed E-state index contributed by atoms with van der Waals surface area (Å²) < 4.78 is 4.16. The quantitative estimate of drug-likeness (QED) is 0.791. The van der Waals surface area contributed by atoms with Gasteiger partial charge in [0.1, 0.15) is 6.33 Å². The van der Waals surface area contributed by atoms with Crippen molar-refractivity contribution in [3.05, 3.63) is 41.4 Å². The molecule has 1 aromatic carbocycles. The van der Waals surface area contributed by atoms with Gasteiger partial charge >= 0.3 is 0 Å². The van der Waals surface area contributed by atoms with E-state index in [9.17, 15) is 4.79 Å². The number of hydrogen-bond donors (Lipinski definition) is 1. The van der Waals surface area contributed by atoms with Gasteiger partial charge in [0, 0.05) is 12.2 Å². The molecule has 6 nitrogen and oxygen atoms in total. The van der Waals surface area contributed by atoms with Gasteiger partial charge in [-0.2, -0.15) is 5.10 Å². The van der Waals surface area contributed by atoms with Crippen LogP contribution < -0.4 is 5.32 Å². The first-order valence-corrected chi connectivity index (χ1v) is 7.67. The van der Waals surface area contributed by atoms with Gasteiger partial charge < -0.3 is 5.32 Å². The van der Waals surface area contributed by atoms with Crippen LogP contribution in [0.5, 0.6) is 0 Å². The third-order valence-electron chi connectivity index (χ3n) is 3.13. The molecule has 1 amide bonds. The number of nitrogens with zero attached hydrogens (tertiary/aromatic N) is 4. The second-order valence-corrected chi connectivity index (χ2v) is 5.49. The second kappa shape index (κ2) is 7.86. The van der Waals surface area contributed by atoms with Gasteiger partial charge in [0.2, 0.25) is 10.7 Å². The highest BCUT2D eigenvalue weighted by molar-refractivity contribution is 7.71. The van der Waals surface area contributed by atoms with E-state index in [0.717, 1.165) is 12.1 Å². The summed E-state index contributed by atoms with van der Waals surface area (Å²) in [6.45, 7) is 3.52. The Morgan fingerprint density at radius 2 is 2.09 bits per heavy atom. The number of benzene rings is 1. The van der Waals surface area contributed by atoms with Crippen LogP contribution in [0, 0.1) is 4.77 Å². The first-order chi connectivity index (χ1) is 10.6. The Morgan fingerprint density at radius 1 is 1.36 bits per heavy atom. The number of hydrogen-bond acceptors (Lipinski definition) is 4. The van der Waals surface area contributed by atoms with Crippen LogP contribution in [-0.2, 0) is 11.5 Å². The van der Waals surface area contributed by atoms with E-state index < -0.39 is 0 Å². The van der Waals surface area contributed by atoms with Crippen molar-refractivity contribution < 1.29 is 4.79 Å². The van der Waals surface area contributed by atoms with Crippen molar-refractivity contribution in [2.75, 3.05) is 20.1 Å². The highest BCUT2D eigenvalue weighted by Crippen LogP contribution is 2.07. The van der Waals surface area contributed by atoms with Crippen LogP contribution in [0.25, 0.3) is 5.69 Å². The lowest BCUT2D eigenvalue weighted by atomic mass is 10.3. The zero-order chi connectivity index (χ0) is 15.9. The number of likely N-dealkylation sites (N-methyl/N-ethyl adjacent to an activating group) is 1. The Balaban J connectivity index is 2.01. The normalized spacial score (nSPS) is 10.9. The zero-order valence-electron chi connectivity index (χ0n) is 12.9. The molecule has 2 rings (SSSR count). The molecule has 0 aliphatic carbocycles. The van der Waals surface area contributed by atoms with Crippen LogP contribution in [0.15, 0.2) is 36.7 Å². The lowest BCUT2D eigenvalue weighted by molar-refractivity contribution is -0.122. The number of amides is 1. The van der Waals surface area contributed by atoms with Crippen molar-refractivity contribution in [1.82, 2.24) is 24.6 Å². The number of carbonyl (C=O) groups excluding carboxylic acids is 1. The van der Waals surface area contributed by atoms with Crippen molar-refractivity contribution >= 4 is 18.1 Å². The molecule has 2 aromatic rings. The number of rotatable bonds is 7. The van der Waals surface area contributed by atoms with Gasteiger partial charge in [0.05, 0.1) is 13.2 Å². The fourth-order valence-electron chi connectivity index (χ4n) is 2.04. The summed E-state index contributed by atoms with van der Waals surface area (Å²) in [6, 6.07) is 9.82. The van der Waals surface area contributed by atoms with Crippen molar-refractivity contribution in [2.45, 2.75) is 20.0 Å². The largest absolute Gasteiger partial charge is 0.355 e. The van der Waals surface area contributed by atoms with Crippen molar-refractivity contribution in [3.8, 4) is 5.69 Å². The molecule has 22 heavy (non-hydrogen) atoms. The van der Waals surface area contributed by atoms with Gasteiger partial charge in [0.25, 0.3) is 0 Å². The maximum Gasteiger partial charge on any atom is 0.234 e. The standard InChI is InChI=1S/C15H21N5OS/c1-3-9-16-14(21)10-18(2)12-20-15(22)19(11-17-20)13-7-5-4-6-8-13/h4-8,11H,3,9-10,12H2,1-2H3,(H,16,21). The van der Waals surface area contributed by atoms with E-state index in [1.54, 1.807) is 11.0 Å². The zero-order valence-corrected chi connectivity index (χ0v) is 13.7. The summed E-state index contributed by atoms with van der Waals surface area (Å²) in [6.07, 6.45) is 2.63. The van der Waals surface area contributed by atoms with E-state index in [1.807, 2.05) is 53.8 Å². The molecule has 0 aliphatic heterocycles. The molecule has 0 atom stereocenters. The molecule has 1 heterocycles. The van der Waals surface area contributed by atoms with Gasteiger partial charge in [-0.05, 0) is 37.8 Å². The molecule has 0 bridgehead atoms. The predicted molar refractivity (Wildman–Crippen MR) is 88.3 cm³/mol. The van der Waals surface area contributed by atoms with Gasteiger partial charge in [-0.1, -0.05) is 25.1 Å². The molecule has 0 aliphatic rings. The minimum Gasteiger partial charge on any atom is -0.355 e. The molecule has 0 unspecified atom stereocenters. The summed E-state index contributed by atoms with van der Waals surface area (Å²) >= 11 is 5.45. The molecule has 0 fully saturated rings. The average Bonchev–Trinajstić information content (AvgIpc) is 2.87. The van der Waals surface area contributed by atoms with Crippen LogP contribution in [-0.4, -0.2) is 45.3 Å². The third-order valence-corrected chi connectivity index (χ3v) is 3.54. The topological polar surface area (TPSA) is 55.1 Å². The molecule has 1 aromatic heterocycles. The average molecular weight is 319 g/mol. The highest BCUT2D eigenvalue weighted by atomic mass is 32.1. The lowest BCUT2D eigenvalue weighted by Crippen LogP contribution is -2.36. The summed E-state index contributed by atoms with van der Waals surface area (Å²) in [5, 5.41) is 7.16. The molecular formula is C15H21N5OS. The Labute approximate surface area is 135 Å². The maximum atomic E-state index is 11.7. The van der Waals surface area contributed by atoms with E-state index in [0.29, 0.717) is 24.5 Å². The monoisotopic (exact) mass is 319 g/mol. The Hall–Kier alpha value is -1.99. The highest BCUT2D eigenvalue weighted by Gasteiger charge is 2.09. The fraction of sp³-hybridized carbons (Fsp3) is 0.400. The Bertz CT molecular complexity index is 664. The molecule has 0 saturated carbocycles. The Kier molecular flexibility index (Phi) is 5.85. The van der Waals surface area contributed by atoms with Crippen LogP contribution >= 0.6 is 12.2 Å². The molecule has 0 saturated heterocycles. The summed E-state index contributed by atoms with van der Waals surface area (Å²) in [5.41, 5.74) is 0.974. The van der Waals surface area contributed by atoms with Crippen molar-refractivity contribution in [2.24, 2.45) is 0 Å². The fourth-order valence-corrected chi connectivity index (χ4v) is 2.30. The maximum absolute atomic E-state index is 11.7. The SMILES string of the molecule is CCCNC(=O)CN(C)Cn1ncn(-c2ccccc2)c1=S. The van der Waals surface area contributed by atoms with Gasteiger partial charge in [-0.15, -0.1) is 0 Å². The Morgan fingerprint density at radius 3 is 2.77 bits per heavy atom. The van der Waals surface area contributed by atoms with Crippen molar-refractivity contribution in [3.63, 3.8) is 0 Å². The van der Waals surface area contributed by atoms with Crippen LogP contribution in [0.1, 0.15) is 13.3 Å². The first kappa shape index (κ1) is 16.4. The van der Waals surface area contributed by atoms with Gasteiger partial charge in [-0.3, -0.25) is 14.3 Å². The van der Waals surface area contributed by atoms with Crippen LogP contribution in [0.4, 0.5) is 0 Å². The van der Waals surface area contributed by atoms with E-state index in [1.165, 1.54) is 0 Å². The van der Waals surface area contributed by atoms with Gasteiger partial charge in [0.15, 0.2) is 0 Å². The van der Waals surface area contributed by atoms with E-state index in [4.69, 9.17) is 12.2 Å². The predicted octanol–water partition coefficient (Wildman–Crippen LogP) is 1.82. The van der Waals surface area contributed by atoms with Crippen LogP contribution in [0.3, 0.4) is 0 Å². The summed E-state index contributed by atoms with van der Waals surface area (Å²) in [5.74, 6) is 0.0124. The molecule has 1 N–H and O–H groups in total. The number of nitrogens with one attached hydrogen (secondary N) is 1. The minimum atomic E-state index is 0.0124. The molecular weight excluding hydrogens is 298 g/mol. The van der Waals surface area contributed by atoms with E-state index >= 15 is 0 Å².